The van der Waals surface area contributed by atoms with Crippen molar-refractivity contribution < 1.29 is 4.79 Å². The average molecular weight is 297 g/mol. The number of nitrogens with zero attached hydrogens (tertiary/aromatic N) is 2. The fourth-order valence-electron chi connectivity index (χ4n) is 1.68. The molecule has 0 spiro atoms. The van der Waals surface area contributed by atoms with Crippen LogP contribution in [0.5, 0.6) is 0 Å². The smallest absolute Gasteiger partial charge is 0.221 e. The first kappa shape index (κ1) is 15.0. The Kier molecular flexibility index (Phi) is 4.48. The van der Waals surface area contributed by atoms with E-state index in [1.165, 1.54) is 0 Å². The zero-order valence-corrected chi connectivity index (χ0v) is 12.9. The van der Waals surface area contributed by atoms with Crippen LogP contribution in [-0.4, -0.2) is 28.5 Å². The van der Waals surface area contributed by atoms with Crippen LogP contribution in [0, 0.1) is 0 Å². The maximum atomic E-state index is 11.6. The Balaban J connectivity index is 1.88. The Morgan fingerprint density at radius 1 is 1.40 bits per heavy atom. The van der Waals surface area contributed by atoms with Crippen LogP contribution >= 0.6 is 11.6 Å². The minimum atomic E-state index is -0.162. The highest BCUT2D eigenvalue weighted by Crippen LogP contribution is 2.22. The van der Waals surface area contributed by atoms with Gasteiger partial charge in [-0.15, -0.1) is 0 Å². The molecule has 110 valence electrons. The van der Waals surface area contributed by atoms with E-state index in [1.54, 1.807) is 6.07 Å². The minimum Gasteiger partial charge on any atom is -0.369 e. The number of anilines is 1. The van der Waals surface area contributed by atoms with Gasteiger partial charge >= 0.3 is 0 Å². The number of rotatable bonds is 5. The maximum absolute atomic E-state index is 11.6. The number of aromatic nitrogens is 2. The first-order chi connectivity index (χ1) is 9.34. The van der Waals surface area contributed by atoms with Gasteiger partial charge in [0, 0.05) is 30.5 Å². The molecule has 0 radical (unpaired) electrons. The first-order valence-corrected chi connectivity index (χ1v) is 7.31. The number of hydrogen-bond acceptors (Lipinski definition) is 4. The predicted molar refractivity (Wildman–Crippen MR) is 80.0 cm³/mol. The van der Waals surface area contributed by atoms with E-state index < -0.39 is 0 Å². The average Bonchev–Trinajstić information content (AvgIpc) is 3.11. The van der Waals surface area contributed by atoms with Crippen LogP contribution in [0.1, 0.15) is 45.9 Å². The van der Waals surface area contributed by atoms with Crippen molar-refractivity contribution in [1.82, 2.24) is 15.3 Å². The minimum absolute atomic E-state index is 0.0798. The van der Waals surface area contributed by atoms with Crippen LogP contribution in [0.3, 0.4) is 0 Å². The summed E-state index contributed by atoms with van der Waals surface area (Å²) in [5.74, 6) is 1.43. The number of carbonyl (C=O) groups is 1. The van der Waals surface area contributed by atoms with Crippen LogP contribution in [0.15, 0.2) is 6.07 Å². The van der Waals surface area contributed by atoms with E-state index in [1.807, 2.05) is 20.8 Å². The summed E-state index contributed by atoms with van der Waals surface area (Å²) in [6.45, 7) is 6.64. The molecule has 1 saturated carbocycles. The van der Waals surface area contributed by atoms with E-state index in [2.05, 4.69) is 20.6 Å². The molecular weight excluding hydrogens is 276 g/mol. The second kappa shape index (κ2) is 5.95. The molecule has 0 aromatic carbocycles. The van der Waals surface area contributed by atoms with Crippen molar-refractivity contribution in [2.24, 2.45) is 0 Å². The number of nitrogens with one attached hydrogen (secondary N) is 2. The molecule has 2 N–H and O–H groups in total. The number of hydrogen-bond donors (Lipinski definition) is 2. The first-order valence-electron chi connectivity index (χ1n) is 6.93. The molecule has 1 fully saturated rings. The molecule has 1 aromatic heterocycles. The molecule has 0 unspecified atom stereocenters. The molecule has 1 amide bonds. The van der Waals surface area contributed by atoms with Gasteiger partial charge in [0.15, 0.2) is 0 Å². The predicted octanol–water partition coefficient (Wildman–Crippen LogP) is 2.51. The Hall–Kier alpha value is -1.36. The van der Waals surface area contributed by atoms with E-state index in [4.69, 9.17) is 11.6 Å². The third kappa shape index (κ3) is 4.63. The van der Waals surface area contributed by atoms with Gasteiger partial charge in [0.05, 0.1) is 0 Å². The molecule has 2 rings (SSSR count). The lowest BCUT2D eigenvalue weighted by Crippen LogP contribution is -2.27. The molecule has 6 heteroatoms. The summed E-state index contributed by atoms with van der Waals surface area (Å²) in [5, 5.41) is 6.49. The van der Waals surface area contributed by atoms with Gasteiger partial charge in [-0.3, -0.25) is 4.79 Å². The zero-order chi connectivity index (χ0) is 14.8. The second-order valence-corrected chi connectivity index (χ2v) is 6.56. The topological polar surface area (TPSA) is 66.9 Å². The van der Waals surface area contributed by atoms with Gasteiger partial charge in [0.1, 0.15) is 16.8 Å². The number of amides is 1. The van der Waals surface area contributed by atoms with Gasteiger partial charge in [-0.05, 0) is 12.8 Å². The largest absolute Gasteiger partial charge is 0.369 e. The van der Waals surface area contributed by atoms with Crippen molar-refractivity contribution in [3.63, 3.8) is 0 Å². The summed E-state index contributed by atoms with van der Waals surface area (Å²) in [6, 6.07) is 2.08. The fourth-order valence-corrected chi connectivity index (χ4v) is 1.86. The van der Waals surface area contributed by atoms with Crippen molar-refractivity contribution in [3.8, 4) is 0 Å². The third-order valence-corrected chi connectivity index (χ3v) is 3.16. The van der Waals surface area contributed by atoms with E-state index in [0.717, 1.165) is 12.8 Å². The monoisotopic (exact) mass is 296 g/mol. The Morgan fingerprint density at radius 3 is 2.70 bits per heavy atom. The molecular formula is C14H21ClN4O. The molecule has 0 saturated heterocycles. The van der Waals surface area contributed by atoms with Gasteiger partial charge in [-0.1, -0.05) is 32.4 Å². The zero-order valence-electron chi connectivity index (χ0n) is 12.2. The summed E-state index contributed by atoms with van der Waals surface area (Å²) < 4.78 is 0. The highest BCUT2D eigenvalue weighted by molar-refractivity contribution is 6.29. The normalized spacial score (nSPS) is 15.0. The maximum Gasteiger partial charge on any atom is 0.221 e. The quantitative estimate of drug-likeness (QED) is 0.819. The molecule has 1 aromatic rings. The highest BCUT2D eigenvalue weighted by Gasteiger charge is 2.23. The molecule has 5 nitrogen and oxygen atoms in total. The lowest BCUT2D eigenvalue weighted by atomic mass is 9.96. The lowest BCUT2D eigenvalue weighted by Gasteiger charge is -2.17. The number of halogens is 1. The molecule has 0 aliphatic heterocycles. The summed E-state index contributed by atoms with van der Waals surface area (Å²) in [5.41, 5.74) is -0.162. The Labute approximate surface area is 124 Å². The fraction of sp³-hybridized carbons (Fsp3) is 0.643. The van der Waals surface area contributed by atoms with Gasteiger partial charge in [-0.2, -0.15) is 0 Å². The van der Waals surface area contributed by atoms with Crippen LogP contribution in [0.25, 0.3) is 0 Å². The summed E-state index contributed by atoms with van der Waals surface area (Å²) in [7, 11) is 0. The van der Waals surface area contributed by atoms with E-state index in [9.17, 15) is 4.79 Å². The third-order valence-electron chi connectivity index (χ3n) is 2.97. The van der Waals surface area contributed by atoms with Crippen LogP contribution in [-0.2, 0) is 10.2 Å². The van der Waals surface area contributed by atoms with Crippen molar-refractivity contribution in [1.29, 1.82) is 0 Å². The van der Waals surface area contributed by atoms with Gasteiger partial charge in [0.25, 0.3) is 0 Å². The van der Waals surface area contributed by atoms with E-state index in [0.29, 0.717) is 35.8 Å². The van der Waals surface area contributed by atoms with Crippen molar-refractivity contribution in [2.75, 3.05) is 11.9 Å². The van der Waals surface area contributed by atoms with Gasteiger partial charge in [-0.25, -0.2) is 9.97 Å². The summed E-state index contributed by atoms with van der Waals surface area (Å²) in [4.78, 5) is 20.2. The highest BCUT2D eigenvalue weighted by atomic mass is 35.5. The Morgan fingerprint density at radius 2 is 2.10 bits per heavy atom. The standard InChI is InChI=1S/C14H21ClN4O/c1-14(2,3)13-18-10(15)8-11(19-13)16-7-6-12(20)17-9-4-5-9/h8-9H,4-7H2,1-3H3,(H,17,20)(H,16,18,19). The molecule has 1 heterocycles. The summed E-state index contributed by atoms with van der Waals surface area (Å²) in [6.07, 6.45) is 2.65. The van der Waals surface area contributed by atoms with Crippen LogP contribution in [0.4, 0.5) is 5.82 Å². The van der Waals surface area contributed by atoms with Gasteiger partial charge in [0.2, 0.25) is 5.91 Å². The summed E-state index contributed by atoms with van der Waals surface area (Å²) >= 11 is 6.00. The van der Waals surface area contributed by atoms with E-state index in [-0.39, 0.29) is 11.3 Å². The second-order valence-electron chi connectivity index (χ2n) is 6.17. The SMILES string of the molecule is CC(C)(C)c1nc(Cl)cc(NCCC(=O)NC2CC2)n1. The lowest BCUT2D eigenvalue weighted by molar-refractivity contribution is -0.120. The molecule has 1 aliphatic carbocycles. The molecule has 0 bridgehead atoms. The van der Waals surface area contributed by atoms with Crippen LogP contribution in [0.2, 0.25) is 5.15 Å². The van der Waals surface area contributed by atoms with E-state index >= 15 is 0 Å². The van der Waals surface area contributed by atoms with Crippen molar-refractivity contribution >= 4 is 23.3 Å². The molecule has 1 aliphatic rings. The molecule has 20 heavy (non-hydrogen) atoms. The van der Waals surface area contributed by atoms with Crippen molar-refractivity contribution in [3.05, 3.63) is 17.0 Å². The van der Waals surface area contributed by atoms with Crippen LogP contribution < -0.4 is 10.6 Å². The number of carbonyl (C=O) groups excluding carboxylic acids is 1. The van der Waals surface area contributed by atoms with Crippen molar-refractivity contribution in [2.45, 2.75) is 51.5 Å². The molecule has 0 atom stereocenters. The Bertz CT molecular complexity index is 494. The van der Waals surface area contributed by atoms with Gasteiger partial charge < -0.3 is 10.6 Å².